The van der Waals surface area contributed by atoms with E-state index < -0.39 is 23.6 Å². The number of benzene rings is 1. The molecule has 0 radical (unpaired) electrons. The number of carbonyl (C=O) groups excluding carboxylic acids is 2. The van der Waals surface area contributed by atoms with Crippen molar-refractivity contribution < 1.29 is 19.5 Å². The highest BCUT2D eigenvalue weighted by Gasteiger charge is 2.47. The van der Waals surface area contributed by atoms with E-state index in [2.05, 4.69) is 9.97 Å². The molecule has 1 aliphatic rings. The zero-order valence-corrected chi connectivity index (χ0v) is 12.0. The molecule has 1 amide bonds. The van der Waals surface area contributed by atoms with Gasteiger partial charge in [-0.15, -0.1) is 0 Å². The summed E-state index contributed by atoms with van der Waals surface area (Å²) < 4.78 is 0. The molecule has 1 fully saturated rings. The lowest BCUT2D eigenvalue weighted by atomic mass is 9.85. The zero-order chi connectivity index (χ0) is 16.4. The maximum atomic E-state index is 12.8. The lowest BCUT2D eigenvalue weighted by molar-refractivity contribution is -0.151. The Hall–Kier alpha value is -3.09. The Morgan fingerprint density at radius 3 is 2.39 bits per heavy atom. The van der Waals surface area contributed by atoms with E-state index in [0.29, 0.717) is 11.3 Å². The number of carboxylic acid groups (broad SMARTS) is 1. The number of Topliss-reactive ketones (excluding diaryl/α,β-unsaturated/α-hetero) is 1. The number of ketones is 1. The van der Waals surface area contributed by atoms with Gasteiger partial charge in [-0.2, -0.15) is 0 Å². The summed E-state index contributed by atoms with van der Waals surface area (Å²) in [5, 5.41) is 9.05. The monoisotopic (exact) mass is 311 g/mol. The van der Waals surface area contributed by atoms with Gasteiger partial charge in [0.25, 0.3) is 0 Å². The molecule has 2 aromatic rings. The highest BCUT2D eigenvalue weighted by Crippen LogP contribution is 2.36. The van der Waals surface area contributed by atoms with Gasteiger partial charge in [0.1, 0.15) is 6.33 Å². The van der Waals surface area contributed by atoms with Gasteiger partial charge in [-0.3, -0.25) is 9.59 Å². The van der Waals surface area contributed by atoms with Crippen LogP contribution in [0.25, 0.3) is 0 Å². The molecule has 1 saturated heterocycles. The van der Waals surface area contributed by atoms with Gasteiger partial charge in [-0.1, -0.05) is 30.3 Å². The molecule has 0 unspecified atom stereocenters. The van der Waals surface area contributed by atoms with E-state index in [-0.39, 0.29) is 12.5 Å². The van der Waals surface area contributed by atoms with Crippen molar-refractivity contribution in [1.82, 2.24) is 9.97 Å². The van der Waals surface area contributed by atoms with E-state index in [1.165, 1.54) is 23.6 Å². The molecule has 116 valence electrons. The van der Waals surface area contributed by atoms with Crippen molar-refractivity contribution in [2.24, 2.45) is 5.92 Å². The molecule has 2 atom stereocenters. The Morgan fingerprint density at radius 2 is 1.78 bits per heavy atom. The van der Waals surface area contributed by atoms with Gasteiger partial charge in [-0.25, -0.2) is 14.8 Å². The first-order valence-corrected chi connectivity index (χ1v) is 6.98. The minimum atomic E-state index is -1.53. The van der Waals surface area contributed by atoms with Crippen molar-refractivity contribution in [3.63, 3.8) is 0 Å². The van der Waals surface area contributed by atoms with Crippen LogP contribution in [0.5, 0.6) is 0 Å². The quantitative estimate of drug-likeness (QED) is 0.841. The fraction of sp³-hybridized carbons (Fsp3) is 0.188. The van der Waals surface area contributed by atoms with Crippen LogP contribution in [0.2, 0.25) is 0 Å². The van der Waals surface area contributed by atoms with E-state index in [9.17, 15) is 14.4 Å². The lowest BCUT2D eigenvalue weighted by Crippen LogP contribution is -2.29. The second-order valence-corrected chi connectivity index (χ2v) is 5.21. The SMILES string of the molecule is O=C(O)C(=O)[C@H]1CN(c2cncnc2)C(=O)[C@@H]1c1ccccc1. The summed E-state index contributed by atoms with van der Waals surface area (Å²) >= 11 is 0. The number of hydrogen-bond donors (Lipinski definition) is 1. The summed E-state index contributed by atoms with van der Waals surface area (Å²) in [6, 6.07) is 8.73. The summed E-state index contributed by atoms with van der Waals surface area (Å²) in [5.74, 6) is -4.59. The maximum absolute atomic E-state index is 12.8. The topological polar surface area (TPSA) is 100 Å². The van der Waals surface area contributed by atoms with Gasteiger partial charge in [0.05, 0.1) is 29.9 Å². The van der Waals surface area contributed by atoms with Crippen LogP contribution in [0.1, 0.15) is 11.5 Å². The predicted octanol–water partition coefficient (Wildman–Crippen LogP) is 0.877. The second kappa shape index (κ2) is 5.96. The molecular weight excluding hydrogens is 298 g/mol. The number of hydrogen-bond acceptors (Lipinski definition) is 5. The Balaban J connectivity index is 2.02. The number of carbonyl (C=O) groups is 3. The minimum absolute atomic E-state index is 0.00307. The molecule has 1 aliphatic heterocycles. The standard InChI is InChI=1S/C16H13N3O4/c20-14(16(22)23)12-8-19(11-6-17-9-18-7-11)15(21)13(12)10-4-2-1-3-5-10/h1-7,9,12-13H,8H2,(H,22,23)/t12-,13+/m0/s1. The van der Waals surface area contributed by atoms with E-state index in [1.54, 1.807) is 30.3 Å². The molecule has 23 heavy (non-hydrogen) atoms. The van der Waals surface area contributed by atoms with Crippen LogP contribution in [0.3, 0.4) is 0 Å². The molecule has 7 heteroatoms. The van der Waals surface area contributed by atoms with Crippen LogP contribution in [0.4, 0.5) is 5.69 Å². The Labute approximate surface area is 131 Å². The molecular formula is C16H13N3O4. The van der Waals surface area contributed by atoms with Crippen LogP contribution < -0.4 is 4.90 Å². The van der Waals surface area contributed by atoms with Crippen LogP contribution in [-0.4, -0.2) is 39.3 Å². The van der Waals surface area contributed by atoms with E-state index in [0.717, 1.165) is 0 Å². The number of aliphatic carboxylic acids is 1. The first-order chi connectivity index (χ1) is 11.1. The number of rotatable bonds is 4. The molecule has 1 aromatic heterocycles. The Kier molecular flexibility index (Phi) is 3.84. The zero-order valence-electron chi connectivity index (χ0n) is 12.0. The summed E-state index contributed by atoms with van der Waals surface area (Å²) in [6.07, 6.45) is 4.25. The Morgan fingerprint density at radius 1 is 1.13 bits per heavy atom. The third-order valence-corrected chi connectivity index (χ3v) is 3.88. The highest BCUT2D eigenvalue weighted by atomic mass is 16.4. The fourth-order valence-electron chi connectivity index (χ4n) is 2.82. The molecule has 2 heterocycles. The second-order valence-electron chi connectivity index (χ2n) is 5.21. The predicted molar refractivity (Wildman–Crippen MR) is 79.7 cm³/mol. The fourth-order valence-corrected chi connectivity index (χ4v) is 2.82. The van der Waals surface area contributed by atoms with Crippen molar-refractivity contribution in [1.29, 1.82) is 0 Å². The minimum Gasteiger partial charge on any atom is -0.475 e. The van der Waals surface area contributed by atoms with Gasteiger partial charge in [0, 0.05) is 6.54 Å². The van der Waals surface area contributed by atoms with Crippen molar-refractivity contribution in [2.75, 3.05) is 11.4 Å². The summed E-state index contributed by atoms with van der Waals surface area (Å²) in [6.45, 7) is -0.00307. The van der Waals surface area contributed by atoms with Crippen molar-refractivity contribution >= 4 is 23.3 Å². The largest absolute Gasteiger partial charge is 0.475 e. The van der Waals surface area contributed by atoms with Gasteiger partial charge in [-0.05, 0) is 5.56 Å². The van der Waals surface area contributed by atoms with E-state index >= 15 is 0 Å². The molecule has 0 saturated carbocycles. The Bertz CT molecular complexity index is 748. The van der Waals surface area contributed by atoms with Gasteiger partial charge in [0.15, 0.2) is 0 Å². The van der Waals surface area contributed by atoms with E-state index in [4.69, 9.17) is 5.11 Å². The molecule has 1 N–H and O–H groups in total. The number of nitrogens with zero attached hydrogens (tertiary/aromatic N) is 3. The average molecular weight is 311 g/mol. The summed E-state index contributed by atoms with van der Waals surface area (Å²) in [4.78, 5) is 45.0. The average Bonchev–Trinajstić information content (AvgIpc) is 2.93. The van der Waals surface area contributed by atoms with Crippen LogP contribution in [0.15, 0.2) is 49.1 Å². The number of carboxylic acids is 1. The smallest absolute Gasteiger partial charge is 0.372 e. The van der Waals surface area contributed by atoms with E-state index in [1.807, 2.05) is 0 Å². The normalized spacial score (nSPS) is 20.5. The van der Waals surface area contributed by atoms with Gasteiger partial charge < -0.3 is 10.0 Å². The van der Waals surface area contributed by atoms with Crippen molar-refractivity contribution in [2.45, 2.75) is 5.92 Å². The van der Waals surface area contributed by atoms with Crippen LogP contribution >= 0.6 is 0 Å². The molecule has 0 spiro atoms. The molecule has 3 rings (SSSR count). The first-order valence-electron chi connectivity index (χ1n) is 6.98. The maximum Gasteiger partial charge on any atom is 0.372 e. The summed E-state index contributed by atoms with van der Waals surface area (Å²) in [7, 11) is 0. The molecule has 1 aromatic carbocycles. The number of aromatic nitrogens is 2. The molecule has 0 bridgehead atoms. The number of anilines is 1. The summed E-state index contributed by atoms with van der Waals surface area (Å²) in [5.41, 5.74) is 1.07. The first kappa shape index (κ1) is 14.8. The van der Waals surface area contributed by atoms with Crippen LogP contribution in [-0.2, 0) is 14.4 Å². The van der Waals surface area contributed by atoms with Crippen LogP contribution in [0, 0.1) is 5.92 Å². The molecule has 7 nitrogen and oxygen atoms in total. The highest BCUT2D eigenvalue weighted by molar-refractivity contribution is 6.35. The third kappa shape index (κ3) is 2.68. The van der Waals surface area contributed by atoms with Gasteiger partial charge >= 0.3 is 5.97 Å². The van der Waals surface area contributed by atoms with Crippen molar-refractivity contribution in [3.8, 4) is 0 Å². The lowest BCUT2D eigenvalue weighted by Gasteiger charge is -2.15. The van der Waals surface area contributed by atoms with Crippen molar-refractivity contribution in [3.05, 3.63) is 54.6 Å². The number of amides is 1. The third-order valence-electron chi connectivity index (χ3n) is 3.88. The van der Waals surface area contributed by atoms with Gasteiger partial charge in [0.2, 0.25) is 11.7 Å². The molecule has 0 aliphatic carbocycles.